The Kier molecular flexibility index (Phi) is 6.33. The molecule has 29 heavy (non-hydrogen) atoms. The lowest BCUT2D eigenvalue weighted by molar-refractivity contribution is 0.0665. The highest BCUT2D eigenvalue weighted by Crippen LogP contribution is 2.13. The van der Waals surface area contributed by atoms with Gasteiger partial charge in [0.05, 0.1) is 5.69 Å². The van der Waals surface area contributed by atoms with Crippen molar-refractivity contribution in [1.29, 1.82) is 0 Å². The average molecular weight is 394 g/mol. The summed E-state index contributed by atoms with van der Waals surface area (Å²) >= 11 is 0. The second-order valence-corrected chi connectivity index (χ2v) is 7.01. The molecule has 1 aliphatic rings. The zero-order valence-corrected chi connectivity index (χ0v) is 16.5. The number of carbonyl (C=O) groups is 2. The number of guanidine groups is 1. The summed E-state index contributed by atoms with van der Waals surface area (Å²) in [5.41, 5.74) is 14.1. The molecular formula is C21H26N6O2. The lowest BCUT2D eigenvalue weighted by Crippen LogP contribution is -2.53. The van der Waals surface area contributed by atoms with E-state index in [1.165, 1.54) is 0 Å². The third-order valence-corrected chi connectivity index (χ3v) is 4.79. The van der Waals surface area contributed by atoms with E-state index >= 15 is 0 Å². The summed E-state index contributed by atoms with van der Waals surface area (Å²) in [6.45, 7) is 4.45. The van der Waals surface area contributed by atoms with Gasteiger partial charge in [-0.05, 0) is 36.8 Å². The van der Waals surface area contributed by atoms with E-state index in [0.717, 1.165) is 11.1 Å². The highest BCUT2D eigenvalue weighted by molar-refractivity contribution is 5.94. The molecule has 0 aliphatic carbocycles. The first-order valence-corrected chi connectivity index (χ1v) is 9.49. The van der Waals surface area contributed by atoms with Gasteiger partial charge in [-0.25, -0.2) is 9.79 Å². The van der Waals surface area contributed by atoms with Crippen LogP contribution in [-0.2, 0) is 6.54 Å². The van der Waals surface area contributed by atoms with Crippen molar-refractivity contribution in [3.63, 3.8) is 0 Å². The molecule has 8 heteroatoms. The maximum Gasteiger partial charge on any atom is 0.317 e. The van der Waals surface area contributed by atoms with Gasteiger partial charge in [0.1, 0.15) is 0 Å². The van der Waals surface area contributed by atoms with Gasteiger partial charge in [0.25, 0.3) is 5.91 Å². The summed E-state index contributed by atoms with van der Waals surface area (Å²) < 4.78 is 0. The topological polar surface area (TPSA) is 117 Å². The highest BCUT2D eigenvalue weighted by atomic mass is 16.2. The Morgan fingerprint density at radius 1 is 0.931 bits per heavy atom. The number of aliphatic imine (C=N–C) groups is 1. The van der Waals surface area contributed by atoms with Crippen molar-refractivity contribution in [3.05, 3.63) is 65.2 Å². The largest absolute Gasteiger partial charge is 0.370 e. The minimum atomic E-state index is -0.138. The quantitative estimate of drug-likeness (QED) is 0.539. The second-order valence-electron chi connectivity index (χ2n) is 7.01. The Labute approximate surface area is 170 Å². The van der Waals surface area contributed by atoms with Crippen molar-refractivity contribution in [3.8, 4) is 0 Å². The molecule has 0 spiro atoms. The van der Waals surface area contributed by atoms with E-state index in [-0.39, 0.29) is 17.9 Å². The SMILES string of the molecule is Cc1ccc(C(=O)N2CCN(C(=O)NCc3ccc(N=C(N)N)cc3)CC2)cc1. The third kappa shape index (κ3) is 5.47. The number of hydrogen-bond donors (Lipinski definition) is 3. The molecule has 1 saturated heterocycles. The monoisotopic (exact) mass is 394 g/mol. The van der Waals surface area contributed by atoms with Gasteiger partial charge in [-0.3, -0.25) is 4.79 Å². The fourth-order valence-electron chi connectivity index (χ4n) is 3.12. The molecule has 5 N–H and O–H groups in total. The van der Waals surface area contributed by atoms with Gasteiger partial charge in [0.15, 0.2) is 5.96 Å². The first-order chi connectivity index (χ1) is 13.9. The van der Waals surface area contributed by atoms with Crippen molar-refractivity contribution in [1.82, 2.24) is 15.1 Å². The molecule has 2 aromatic rings. The Hall–Kier alpha value is -3.55. The molecule has 3 amide bonds. The summed E-state index contributed by atoms with van der Waals surface area (Å²) in [5, 5.41) is 2.91. The van der Waals surface area contributed by atoms with Gasteiger partial charge >= 0.3 is 6.03 Å². The van der Waals surface area contributed by atoms with Crippen LogP contribution >= 0.6 is 0 Å². The van der Waals surface area contributed by atoms with Crippen molar-refractivity contribution < 1.29 is 9.59 Å². The minimum absolute atomic E-state index is 0.00548. The summed E-state index contributed by atoms with van der Waals surface area (Å²) in [6, 6.07) is 14.7. The van der Waals surface area contributed by atoms with Gasteiger partial charge in [-0.15, -0.1) is 0 Å². The molecule has 2 aromatic carbocycles. The molecule has 1 heterocycles. The molecular weight excluding hydrogens is 368 g/mol. The number of carbonyl (C=O) groups excluding carboxylic acids is 2. The summed E-state index contributed by atoms with van der Waals surface area (Å²) in [4.78, 5) is 32.5. The van der Waals surface area contributed by atoms with E-state index in [1.54, 1.807) is 21.9 Å². The van der Waals surface area contributed by atoms with Crippen LogP contribution in [0.3, 0.4) is 0 Å². The number of nitrogens with one attached hydrogen (secondary N) is 1. The van der Waals surface area contributed by atoms with Crippen molar-refractivity contribution in [2.45, 2.75) is 13.5 Å². The van der Waals surface area contributed by atoms with Crippen molar-refractivity contribution in [2.24, 2.45) is 16.5 Å². The number of amides is 3. The van der Waals surface area contributed by atoms with Crippen molar-refractivity contribution >= 4 is 23.6 Å². The second kappa shape index (κ2) is 9.09. The average Bonchev–Trinajstić information content (AvgIpc) is 2.73. The fraction of sp³-hybridized carbons (Fsp3) is 0.286. The molecule has 0 atom stereocenters. The normalized spacial score (nSPS) is 13.7. The molecule has 0 unspecified atom stereocenters. The Morgan fingerprint density at radius 3 is 2.10 bits per heavy atom. The van der Waals surface area contributed by atoms with Crippen LogP contribution < -0.4 is 16.8 Å². The first kappa shape index (κ1) is 20.2. The number of aryl methyl sites for hydroxylation is 1. The number of nitrogens with zero attached hydrogens (tertiary/aromatic N) is 3. The molecule has 3 rings (SSSR count). The van der Waals surface area contributed by atoms with Crippen LogP contribution in [0.1, 0.15) is 21.5 Å². The van der Waals surface area contributed by atoms with Crippen LogP contribution in [0, 0.1) is 6.92 Å². The number of rotatable bonds is 4. The van der Waals surface area contributed by atoms with Gasteiger partial charge in [0, 0.05) is 38.3 Å². The van der Waals surface area contributed by atoms with Gasteiger partial charge in [-0.2, -0.15) is 0 Å². The van der Waals surface area contributed by atoms with Gasteiger partial charge in [-0.1, -0.05) is 29.8 Å². The predicted molar refractivity (Wildman–Crippen MR) is 113 cm³/mol. The Bertz CT molecular complexity index is 880. The van der Waals surface area contributed by atoms with Crippen LogP contribution in [0.4, 0.5) is 10.5 Å². The molecule has 8 nitrogen and oxygen atoms in total. The van der Waals surface area contributed by atoms with Crippen LogP contribution in [0.15, 0.2) is 53.5 Å². The first-order valence-electron chi connectivity index (χ1n) is 9.49. The third-order valence-electron chi connectivity index (χ3n) is 4.79. The van der Waals surface area contributed by atoms with Gasteiger partial charge in [0.2, 0.25) is 0 Å². The molecule has 0 aromatic heterocycles. The van der Waals surface area contributed by atoms with Crippen LogP contribution in [0.5, 0.6) is 0 Å². The number of piperazine rings is 1. The minimum Gasteiger partial charge on any atom is -0.370 e. The Morgan fingerprint density at radius 2 is 1.52 bits per heavy atom. The zero-order valence-electron chi connectivity index (χ0n) is 16.5. The highest BCUT2D eigenvalue weighted by Gasteiger charge is 2.24. The van der Waals surface area contributed by atoms with Crippen LogP contribution in [0.2, 0.25) is 0 Å². The number of nitrogens with two attached hydrogens (primary N) is 2. The van der Waals surface area contributed by atoms with E-state index < -0.39 is 0 Å². The van der Waals surface area contributed by atoms with E-state index in [9.17, 15) is 9.59 Å². The zero-order chi connectivity index (χ0) is 20.8. The van der Waals surface area contributed by atoms with Crippen LogP contribution in [-0.4, -0.2) is 53.9 Å². The number of urea groups is 1. The molecule has 0 saturated carbocycles. The summed E-state index contributed by atoms with van der Waals surface area (Å²) in [6.07, 6.45) is 0. The molecule has 1 fully saturated rings. The number of hydrogen-bond acceptors (Lipinski definition) is 3. The molecule has 0 bridgehead atoms. The van der Waals surface area contributed by atoms with Crippen molar-refractivity contribution in [2.75, 3.05) is 26.2 Å². The summed E-state index contributed by atoms with van der Waals surface area (Å²) in [5.74, 6) is 0.0111. The lowest BCUT2D eigenvalue weighted by Gasteiger charge is -2.34. The van der Waals surface area contributed by atoms with E-state index in [0.29, 0.717) is 44.0 Å². The maximum atomic E-state index is 12.6. The predicted octanol–water partition coefficient (Wildman–Crippen LogP) is 1.57. The molecule has 1 aliphatic heterocycles. The molecule has 0 radical (unpaired) electrons. The lowest BCUT2D eigenvalue weighted by atomic mass is 10.1. The van der Waals surface area contributed by atoms with E-state index in [4.69, 9.17) is 11.5 Å². The van der Waals surface area contributed by atoms with Crippen LogP contribution in [0.25, 0.3) is 0 Å². The summed E-state index contributed by atoms with van der Waals surface area (Å²) in [7, 11) is 0. The standard InChI is InChI=1S/C21H26N6O2/c1-15-2-6-17(7-3-15)19(28)26-10-12-27(13-11-26)21(29)24-14-16-4-8-18(9-5-16)25-20(22)23/h2-9H,10-14H2,1H3,(H,24,29)(H4,22,23,25). The Balaban J connectivity index is 1.46. The van der Waals surface area contributed by atoms with E-state index in [1.807, 2.05) is 43.3 Å². The number of benzene rings is 2. The maximum absolute atomic E-state index is 12.6. The molecule has 152 valence electrons. The van der Waals surface area contributed by atoms with E-state index in [2.05, 4.69) is 10.3 Å². The smallest absolute Gasteiger partial charge is 0.317 e. The fourth-order valence-corrected chi connectivity index (χ4v) is 3.12. The van der Waals surface area contributed by atoms with Gasteiger partial charge < -0.3 is 26.6 Å².